The van der Waals surface area contributed by atoms with Crippen molar-refractivity contribution in [2.24, 2.45) is 5.73 Å². The Kier molecular flexibility index (Phi) is 7.73. The fourth-order valence-electron chi connectivity index (χ4n) is 0. The molecule has 0 aliphatic carbocycles. The molecule has 4 heteroatoms. The van der Waals surface area contributed by atoms with Gasteiger partial charge in [-0.25, -0.2) is 0 Å². The van der Waals surface area contributed by atoms with Crippen LogP contribution in [0.4, 0.5) is 0 Å². The average molecular weight is 102 g/mol. The van der Waals surface area contributed by atoms with Crippen molar-refractivity contribution in [3.8, 4) is 0 Å². The summed E-state index contributed by atoms with van der Waals surface area (Å²) in [6.07, 6.45) is 0. The van der Waals surface area contributed by atoms with Gasteiger partial charge in [-0.1, -0.05) is 0 Å². The summed E-state index contributed by atoms with van der Waals surface area (Å²) < 4.78 is 0. The number of nitrogens with two attached hydrogens (primary N) is 1. The molecule has 33 valence electrons. The summed E-state index contributed by atoms with van der Waals surface area (Å²) in [5.74, 6) is -0.968. The molecular formula is C2H5AlNO2. The molecule has 0 unspecified atom stereocenters. The predicted molar refractivity (Wildman–Crippen MR) is 22.4 cm³/mol. The van der Waals surface area contributed by atoms with Crippen LogP contribution in [0.3, 0.4) is 0 Å². The number of hydrogen-bond donors (Lipinski definition) is 2. The number of aliphatic carboxylic acids is 1. The summed E-state index contributed by atoms with van der Waals surface area (Å²) in [5.41, 5.74) is 4.57. The standard InChI is InChI=1S/C2H5NO2.Al/c3-1-2(4)5;/h1,3H2,(H,4,5);. The van der Waals surface area contributed by atoms with Gasteiger partial charge in [0.1, 0.15) is 0 Å². The van der Waals surface area contributed by atoms with Crippen LogP contribution in [0.5, 0.6) is 0 Å². The van der Waals surface area contributed by atoms with E-state index in [1.54, 1.807) is 0 Å². The normalized spacial score (nSPS) is 6.17. The summed E-state index contributed by atoms with van der Waals surface area (Å²) >= 11 is 0. The quantitative estimate of drug-likeness (QED) is 0.402. The molecule has 0 aromatic rings. The van der Waals surface area contributed by atoms with Crippen LogP contribution in [0.15, 0.2) is 0 Å². The molecule has 0 fully saturated rings. The Bertz CT molecular complexity index is 46.8. The Balaban J connectivity index is 0. The van der Waals surface area contributed by atoms with Crippen molar-refractivity contribution in [2.75, 3.05) is 6.54 Å². The van der Waals surface area contributed by atoms with Crippen LogP contribution in [0, 0.1) is 0 Å². The van der Waals surface area contributed by atoms with Gasteiger partial charge in [0.2, 0.25) is 0 Å². The number of carboxylic acid groups (broad SMARTS) is 1. The van der Waals surface area contributed by atoms with Gasteiger partial charge in [-0.3, -0.25) is 4.79 Å². The fraction of sp³-hybridized carbons (Fsp3) is 0.500. The first-order chi connectivity index (χ1) is 2.27. The molecular weight excluding hydrogens is 97.0 g/mol. The van der Waals surface area contributed by atoms with E-state index in [0.717, 1.165) is 0 Å². The molecule has 0 aromatic heterocycles. The summed E-state index contributed by atoms with van der Waals surface area (Å²) in [5, 5.41) is 7.60. The van der Waals surface area contributed by atoms with Crippen molar-refractivity contribution < 1.29 is 9.90 Å². The smallest absolute Gasteiger partial charge is 0.317 e. The van der Waals surface area contributed by atoms with Crippen LogP contribution < -0.4 is 5.73 Å². The lowest BCUT2D eigenvalue weighted by Crippen LogP contribution is -2.10. The minimum atomic E-state index is -0.968. The molecule has 0 rings (SSSR count). The van der Waals surface area contributed by atoms with Crippen molar-refractivity contribution in [1.29, 1.82) is 0 Å². The van der Waals surface area contributed by atoms with Crippen molar-refractivity contribution in [1.82, 2.24) is 0 Å². The molecule has 3 nitrogen and oxygen atoms in total. The molecule has 0 bridgehead atoms. The topological polar surface area (TPSA) is 63.3 Å². The summed E-state index contributed by atoms with van der Waals surface area (Å²) in [6.45, 7) is -0.278. The molecule has 0 aromatic carbocycles. The fourth-order valence-corrected chi connectivity index (χ4v) is 0. The van der Waals surface area contributed by atoms with Gasteiger partial charge in [0, 0.05) is 17.4 Å². The van der Waals surface area contributed by atoms with Crippen LogP contribution >= 0.6 is 0 Å². The Morgan fingerprint density at radius 2 is 2.00 bits per heavy atom. The minimum Gasteiger partial charge on any atom is -0.480 e. The third kappa shape index (κ3) is 9.03. The van der Waals surface area contributed by atoms with Crippen LogP contribution in [0.25, 0.3) is 0 Å². The number of rotatable bonds is 1. The molecule has 6 heavy (non-hydrogen) atoms. The average Bonchev–Trinajstić information content (AvgIpc) is 1.38. The Morgan fingerprint density at radius 3 is 2.00 bits per heavy atom. The van der Waals surface area contributed by atoms with Gasteiger partial charge < -0.3 is 10.8 Å². The van der Waals surface area contributed by atoms with Gasteiger partial charge in [-0.15, -0.1) is 0 Å². The monoisotopic (exact) mass is 102 g/mol. The largest absolute Gasteiger partial charge is 0.480 e. The van der Waals surface area contributed by atoms with Gasteiger partial charge in [0.05, 0.1) is 6.54 Å². The van der Waals surface area contributed by atoms with E-state index >= 15 is 0 Å². The van der Waals surface area contributed by atoms with E-state index in [-0.39, 0.29) is 23.9 Å². The van der Waals surface area contributed by atoms with Gasteiger partial charge in [-0.2, -0.15) is 0 Å². The zero-order valence-corrected chi connectivity index (χ0v) is 4.37. The Hall–Kier alpha value is -0.0375. The van der Waals surface area contributed by atoms with E-state index in [1.165, 1.54) is 0 Å². The van der Waals surface area contributed by atoms with Crippen molar-refractivity contribution in [3.63, 3.8) is 0 Å². The van der Waals surface area contributed by atoms with E-state index < -0.39 is 5.97 Å². The first kappa shape index (κ1) is 9.35. The highest BCUT2D eigenvalue weighted by atomic mass is 27.0. The molecule has 3 radical (unpaired) electrons. The van der Waals surface area contributed by atoms with Crippen LogP contribution in [-0.4, -0.2) is 35.0 Å². The van der Waals surface area contributed by atoms with Crippen molar-refractivity contribution in [2.45, 2.75) is 0 Å². The molecule has 0 aliphatic rings. The van der Waals surface area contributed by atoms with E-state index in [0.29, 0.717) is 0 Å². The van der Waals surface area contributed by atoms with Gasteiger partial charge in [-0.05, 0) is 0 Å². The highest BCUT2D eigenvalue weighted by Crippen LogP contribution is 1.43. The van der Waals surface area contributed by atoms with Gasteiger partial charge >= 0.3 is 5.97 Å². The van der Waals surface area contributed by atoms with Crippen molar-refractivity contribution >= 4 is 23.3 Å². The highest BCUT2D eigenvalue weighted by molar-refractivity contribution is 5.75. The van der Waals surface area contributed by atoms with Crippen LogP contribution in [0.1, 0.15) is 0 Å². The Labute approximate surface area is 46.3 Å². The van der Waals surface area contributed by atoms with E-state index in [4.69, 9.17) is 5.11 Å². The molecule has 0 spiro atoms. The maximum atomic E-state index is 9.24. The molecule has 0 amide bonds. The number of carbonyl (C=O) groups is 1. The van der Waals surface area contributed by atoms with Crippen LogP contribution in [-0.2, 0) is 4.79 Å². The van der Waals surface area contributed by atoms with E-state index in [9.17, 15) is 4.79 Å². The van der Waals surface area contributed by atoms with Crippen LogP contribution in [0.2, 0.25) is 0 Å². The Morgan fingerprint density at radius 1 is 1.83 bits per heavy atom. The lowest BCUT2D eigenvalue weighted by Gasteiger charge is -1.73. The first-order valence-corrected chi connectivity index (χ1v) is 1.19. The number of carboxylic acids is 1. The SMILES string of the molecule is NCC(=O)O.[Al]. The van der Waals surface area contributed by atoms with E-state index in [2.05, 4.69) is 5.73 Å². The first-order valence-electron chi connectivity index (χ1n) is 1.19. The molecule has 0 aliphatic heterocycles. The minimum absolute atomic E-state index is 0. The zero-order valence-electron chi connectivity index (χ0n) is 3.22. The second-order valence-electron chi connectivity index (χ2n) is 0.598. The zero-order chi connectivity index (χ0) is 4.28. The maximum Gasteiger partial charge on any atom is 0.317 e. The lowest BCUT2D eigenvalue weighted by molar-refractivity contribution is -0.135. The molecule has 0 heterocycles. The van der Waals surface area contributed by atoms with Crippen molar-refractivity contribution in [3.05, 3.63) is 0 Å². The predicted octanol–water partition coefficient (Wildman–Crippen LogP) is -1.35. The second kappa shape index (κ2) is 4.96. The molecule has 0 atom stereocenters. The summed E-state index contributed by atoms with van der Waals surface area (Å²) in [6, 6.07) is 0. The van der Waals surface area contributed by atoms with Gasteiger partial charge in [0.25, 0.3) is 0 Å². The number of hydrogen-bond acceptors (Lipinski definition) is 2. The second-order valence-corrected chi connectivity index (χ2v) is 0.598. The molecule has 3 N–H and O–H groups in total. The third-order valence-electron chi connectivity index (χ3n) is 0.175. The van der Waals surface area contributed by atoms with Gasteiger partial charge in [0.15, 0.2) is 0 Å². The summed E-state index contributed by atoms with van der Waals surface area (Å²) in [7, 11) is 0. The van der Waals surface area contributed by atoms with E-state index in [1.807, 2.05) is 0 Å². The highest BCUT2D eigenvalue weighted by Gasteiger charge is 1.81. The summed E-state index contributed by atoms with van der Waals surface area (Å²) in [4.78, 5) is 9.24. The third-order valence-corrected chi connectivity index (χ3v) is 0.175. The lowest BCUT2D eigenvalue weighted by atomic mass is 10.7. The molecule has 0 saturated heterocycles. The maximum absolute atomic E-state index is 9.24. The molecule has 0 saturated carbocycles.